The van der Waals surface area contributed by atoms with Gasteiger partial charge >= 0.3 is 0 Å². The molecule has 5 heteroatoms. The first-order chi connectivity index (χ1) is 46.8. The second-order valence-electron chi connectivity index (χ2n) is 31.4. The number of benzene rings is 11. The largest absolute Gasteiger partial charge is 0.458 e. The van der Waals surface area contributed by atoms with Gasteiger partial charge in [-0.05, 0) is 149 Å². The average Bonchev–Trinajstić information content (AvgIpc) is 1.45. The maximum absolute atomic E-state index is 7.01. The summed E-state index contributed by atoms with van der Waals surface area (Å²) in [6.07, 6.45) is 6.04. The van der Waals surface area contributed by atoms with E-state index in [1.165, 1.54) is 88.8 Å². The molecule has 8 atom stereocenters. The van der Waals surface area contributed by atoms with Crippen molar-refractivity contribution in [2.45, 2.75) is 114 Å². The third-order valence-electron chi connectivity index (χ3n) is 27.5. The van der Waals surface area contributed by atoms with Crippen LogP contribution in [0.3, 0.4) is 0 Å². The van der Waals surface area contributed by atoms with Crippen molar-refractivity contribution in [3.63, 3.8) is 0 Å². The van der Waals surface area contributed by atoms with Crippen molar-refractivity contribution in [2.75, 3.05) is 0 Å². The Labute approximate surface area is 568 Å². The minimum Gasteiger partial charge on any atom is -0.458 e. The van der Waals surface area contributed by atoms with Gasteiger partial charge in [-0.3, -0.25) is 13.7 Å². The summed E-state index contributed by atoms with van der Waals surface area (Å²) in [5, 5.41) is 2.32. The van der Waals surface area contributed by atoms with Gasteiger partial charge in [0.25, 0.3) is 6.33 Å². The number of ether oxygens (including phenoxy) is 1. The minimum atomic E-state index is -0.318. The van der Waals surface area contributed by atoms with E-state index < -0.39 is 0 Å². The van der Waals surface area contributed by atoms with E-state index in [0.717, 1.165) is 67.3 Å². The molecule has 0 radical (unpaired) electrons. The molecule has 470 valence electrons. The molecule has 0 fully saturated rings. The maximum Gasteiger partial charge on any atom is 0.269 e. The van der Waals surface area contributed by atoms with Gasteiger partial charge in [-0.1, -0.05) is 276 Å². The van der Waals surface area contributed by atoms with Gasteiger partial charge in [0.2, 0.25) is 0 Å². The summed E-state index contributed by atoms with van der Waals surface area (Å²) < 4.78 is 13.9. The van der Waals surface area contributed by atoms with E-state index in [-0.39, 0.29) is 48.7 Å². The molecular weight excluding hydrogens is 1180 g/mol. The van der Waals surface area contributed by atoms with Crippen LogP contribution in [-0.4, -0.2) is 14.1 Å². The van der Waals surface area contributed by atoms with Gasteiger partial charge in [0.1, 0.15) is 17.3 Å². The number of pyridine rings is 1. The van der Waals surface area contributed by atoms with Crippen LogP contribution >= 0.6 is 0 Å². The monoisotopic (exact) mass is 1250 g/mol. The van der Waals surface area contributed by atoms with Crippen molar-refractivity contribution in [3.05, 3.63) is 340 Å². The van der Waals surface area contributed by atoms with Gasteiger partial charge in [0.15, 0.2) is 0 Å². The number of imidazole rings is 1. The standard InChI is InChI=1S/C92H76N4O/c1-84(2,3)58-48-49-93-82(52-58)96-78-39-21-12-28-64(78)65-45-44-61(54-81(65)96)97-60-27-24-26-59(53-60)94-55-95(80-41-23-22-40-79(80)94)83-62(56-42-46-74-76(50-56)89(8)72-37-19-17-35-70(72)85(4)66-31-13-15-33-68(66)87(74,6)91(85,89)10)29-25-30-63(83)57-43-47-75-77(51-57)90(9)73-38-20-18-36-71(73)86(5)67-32-14-16-34-69(67)88(75,7)92(86,90)11/h12-54H,1-11H3. The van der Waals surface area contributed by atoms with E-state index in [4.69, 9.17) is 9.72 Å². The predicted molar refractivity (Wildman–Crippen MR) is 393 cm³/mol. The van der Waals surface area contributed by atoms with Crippen LogP contribution in [0.2, 0.25) is 0 Å². The van der Waals surface area contributed by atoms with Crippen molar-refractivity contribution in [1.82, 2.24) is 14.1 Å². The van der Waals surface area contributed by atoms with Crippen LogP contribution in [0.15, 0.2) is 261 Å². The normalized spacial score (nSPS) is 26.2. The lowest BCUT2D eigenvalue weighted by atomic mass is 9.52. The molecule has 6 aliphatic carbocycles. The fourth-order valence-corrected chi connectivity index (χ4v) is 22.4. The Balaban J connectivity index is 0.787. The van der Waals surface area contributed by atoms with E-state index in [1.54, 1.807) is 0 Å². The summed E-state index contributed by atoms with van der Waals surface area (Å²) in [5.41, 5.74) is 27.4. The molecule has 0 spiro atoms. The summed E-state index contributed by atoms with van der Waals surface area (Å²) in [6.45, 7) is 27.4. The molecule has 20 rings (SSSR count). The molecule has 6 aliphatic rings. The Kier molecular flexibility index (Phi) is 10.8. The first-order valence-electron chi connectivity index (χ1n) is 34.8. The van der Waals surface area contributed by atoms with Crippen LogP contribution < -0.4 is 9.30 Å². The van der Waals surface area contributed by atoms with Crippen LogP contribution in [-0.2, 0) is 37.9 Å². The number of hydrogen-bond donors (Lipinski definition) is 0. The van der Waals surface area contributed by atoms with E-state index in [1.807, 2.05) is 6.20 Å². The highest BCUT2D eigenvalue weighted by atomic mass is 16.5. The summed E-state index contributed by atoms with van der Waals surface area (Å²) in [4.78, 5) is 4.98. The van der Waals surface area contributed by atoms with Crippen molar-refractivity contribution in [3.8, 4) is 50.9 Å². The first kappa shape index (κ1) is 56.9. The second kappa shape index (κ2) is 18.4. The summed E-state index contributed by atoms with van der Waals surface area (Å²) in [6, 6.07) is 96.5. The molecule has 3 heterocycles. The Morgan fingerprint density at radius 2 is 0.804 bits per heavy atom. The van der Waals surface area contributed by atoms with Crippen LogP contribution in [0, 0.1) is 17.2 Å². The summed E-state index contributed by atoms with van der Waals surface area (Å²) in [5.74, 6) is 2.35. The molecule has 0 saturated carbocycles. The highest BCUT2D eigenvalue weighted by molar-refractivity contribution is 6.09. The number of para-hydroxylation sites is 4. The van der Waals surface area contributed by atoms with Crippen molar-refractivity contribution in [2.24, 2.45) is 10.8 Å². The SMILES string of the molecule is CC(C)(C)c1ccnc(-n2c3ccccc3c3ccc(Oc4cccc(-n5[c-][n+](-c6c(-c7ccc8c(c7)C7(C)c9ccccc9C9(C)c%10ccccc%10C8(C)C97C)cccc6-c6ccc7c(c6)C6(C)c8ccccc8C8(C)c9ccccc9C7(C)C86C)c6ccccc65)c4)cc32)c1. The first-order valence-corrected chi connectivity index (χ1v) is 34.8. The zero-order valence-electron chi connectivity index (χ0n) is 57.0. The molecule has 97 heavy (non-hydrogen) atoms. The van der Waals surface area contributed by atoms with Crippen LogP contribution in [0.5, 0.6) is 11.5 Å². The van der Waals surface area contributed by atoms with Gasteiger partial charge in [-0.2, -0.15) is 0 Å². The molecule has 0 N–H and O–H groups in total. The van der Waals surface area contributed by atoms with Crippen molar-refractivity contribution in [1.29, 1.82) is 0 Å². The average molecular weight is 1250 g/mol. The Morgan fingerprint density at radius 3 is 1.32 bits per heavy atom. The fraction of sp³-hybridized carbons (Fsp3) is 0.217. The zero-order chi connectivity index (χ0) is 65.9. The van der Waals surface area contributed by atoms with Gasteiger partial charge in [-0.15, -0.1) is 0 Å². The molecule has 11 aromatic carbocycles. The predicted octanol–water partition coefficient (Wildman–Crippen LogP) is 21.2. The number of fused-ring (bicyclic) bond motifs is 22. The quantitative estimate of drug-likeness (QED) is 0.118. The van der Waals surface area contributed by atoms with Crippen molar-refractivity contribution < 1.29 is 9.30 Å². The van der Waals surface area contributed by atoms with Gasteiger partial charge in [0, 0.05) is 66.4 Å². The lowest BCUT2D eigenvalue weighted by Gasteiger charge is -2.49. The lowest BCUT2D eigenvalue weighted by Crippen LogP contribution is -2.51. The summed E-state index contributed by atoms with van der Waals surface area (Å²) in [7, 11) is 0. The van der Waals surface area contributed by atoms with Gasteiger partial charge in [-0.25, -0.2) is 4.98 Å². The van der Waals surface area contributed by atoms with E-state index in [9.17, 15) is 0 Å². The molecule has 8 unspecified atom stereocenters. The number of nitrogens with zero attached hydrogens (tertiary/aromatic N) is 4. The van der Waals surface area contributed by atoms with E-state index in [0.29, 0.717) is 0 Å². The summed E-state index contributed by atoms with van der Waals surface area (Å²) >= 11 is 0. The maximum atomic E-state index is 7.01. The molecule has 0 saturated heterocycles. The van der Waals surface area contributed by atoms with Crippen LogP contribution in [0.4, 0.5) is 0 Å². The Morgan fingerprint density at radius 1 is 0.371 bits per heavy atom. The molecule has 3 aromatic heterocycles. The minimum absolute atomic E-state index is 0.0416. The molecular formula is C92H76N4O. The van der Waals surface area contributed by atoms with Gasteiger partial charge in [0.05, 0.1) is 33.4 Å². The lowest BCUT2D eigenvalue weighted by molar-refractivity contribution is -0.571. The van der Waals surface area contributed by atoms with Gasteiger partial charge < -0.3 is 4.74 Å². The molecule has 0 aliphatic heterocycles. The molecule has 14 aromatic rings. The number of hydrogen-bond acceptors (Lipinski definition) is 2. The highest BCUT2D eigenvalue weighted by Crippen LogP contribution is 2.84. The molecule has 0 bridgehead atoms. The topological polar surface area (TPSA) is 35.9 Å². The fourth-order valence-electron chi connectivity index (χ4n) is 22.4. The van der Waals surface area contributed by atoms with Crippen LogP contribution in [0.1, 0.15) is 148 Å². The smallest absolute Gasteiger partial charge is 0.269 e. The van der Waals surface area contributed by atoms with E-state index in [2.05, 4.69) is 351 Å². The number of rotatable bonds is 7. The molecule has 0 amide bonds. The molecule has 5 nitrogen and oxygen atoms in total. The van der Waals surface area contributed by atoms with E-state index >= 15 is 0 Å². The van der Waals surface area contributed by atoms with Crippen molar-refractivity contribution >= 4 is 32.8 Å². The van der Waals surface area contributed by atoms with Crippen LogP contribution in [0.25, 0.3) is 72.3 Å². The highest BCUT2D eigenvalue weighted by Gasteiger charge is 2.81. The zero-order valence-corrected chi connectivity index (χ0v) is 57.0. The Hall–Kier alpha value is -10.4. The number of aromatic nitrogens is 4. The third kappa shape index (κ3) is 6.29. The Bertz CT molecular complexity index is 5640. The second-order valence-corrected chi connectivity index (χ2v) is 31.4. The third-order valence-corrected chi connectivity index (χ3v) is 27.5.